The number of aliphatic carboxylic acids is 1. The highest BCUT2D eigenvalue weighted by atomic mass is 35.5. The van der Waals surface area contributed by atoms with E-state index in [0.29, 0.717) is 5.02 Å². The van der Waals surface area contributed by atoms with Crippen LogP contribution in [0.4, 0.5) is 5.95 Å². The second kappa shape index (κ2) is 9.89. The van der Waals surface area contributed by atoms with Gasteiger partial charge in [0.05, 0.1) is 16.6 Å². The Bertz CT molecular complexity index is 1380. The van der Waals surface area contributed by atoms with E-state index in [2.05, 4.69) is 21.7 Å². The summed E-state index contributed by atoms with van der Waals surface area (Å²) in [6.07, 6.45) is 1.73. The van der Waals surface area contributed by atoms with Crippen molar-refractivity contribution in [2.45, 2.75) is 20.3 Å². The van der Waals surface area contributed by atoms with Crippen molar-refractivity contribution in [1.82, 2.24) is 19.9 Å². The monoisotopic (exact) mass is 507 g/mol. The van der Waals surface area contributed by atoms with E-state index in [9.17, 15) is 9.90 Å². The number of halogens is 1. The number of piperazine rings is 1. The van der Waals surface area contributed by atoms with Crippen molar-refractivity contribution in [3.63, 3.8) is 0 Å². The molecule has 0 atom stereocenters. The van der Waals surface area contributed by atoms with Crippen LogP contribution in [0.5, 0.6) is 0 Å². The van der Waals surface area contributed by atoms with Crippen molar-refractivity contribution in [1.29, 1.82) is 0 Å². The number of hydrogen-bond acceptors (Lipinski definition) is 7. The van der Waals surface area contributed by atoms with Gasteiger partial charge in [0.25, 0.3) is 0 Å². The lowest BCUT2D eigenvalue weighted by Crippen LogP contribution is -2.46. The van der Waals surface area contributed by atoms with Crippen LogP contribution in [-0.4, -0.2) is 63.7 Å². The van der Waals surface area contributed by atoms with E-state index in [0.717, 1.165) is 81.8 Å². The number of aromatic nitrogens is 3. The van der Waals surface area contributed by atoms with Gasteiger partial charge in [0.2, 0.25) is 5.95 Å². The highest BCUT2D eigenvalue weighted by Gasteiger charge is 2.21. The Morgan fingerprint density at radius 2 is 1.86 bits per heavy atom. The Kier molecular flexibility index (Phi) is 6.69. The lowest BCUT2D eigenvalue weighted by atomic mass is 9.93. The molecule has 0 saturated carbocycles. The Labute approximate surface area is 213 Å². The van der Waals surface area contributed by atoms with Gasteiger partial charge >= 0.3 is 5.97 Å². The normalized spacial score (nSPS) is 14.5. The summed E-state index contributed by atoms with van der Waals surface area (Å²) in [4.78, 5) is 30.6. The Hall–Kier alpha value is -3.07. The van der Waals surface area contributed by atoms with Gasteiger partial charge in [-0.05, 0) is 54.4 Å². The Morgan fingerprint density at radius 3 is 2.54 bits per heavy atom. The molecule has 3 heterocycles. The summed E-state index contributed by atoms with van der Waals surface area (Å²) in [6, 6.07) is 11.4. The molecule has 2 aromatic carbocycles. The molecule has 0 radical (unpaired) electrons. The summed E-state index contributed by atoms with van der Waals surface area (Å²) < 4.78 is 0.945. The van der Waals surface area contributed by atoms with Gasteiger partial charge in [0.1, 0.15) is 10.7 Å². The molecule has 0 spiro atoms. The van der Waals surface area contributed by atoms with Gasteiger partial charge in [-0.1, -0.05) is 30.7 Å². The third-order valence-corrected chi connectivity index (χ3v) is 7.80. The van der Waals surface area contributed by atoms with Gasteiger partial charge in [-0.15, -0.1) is 11.3 Å². The van der Waals surface area contributed by atoms with E-state index < -0.39 is 5.97 Å². The SMILES string of the molecule is CCN1CCN(c2nccc(-c3nc4cc(C)c(CC(=O)O)c(-c5ccc(Cl)cc5)c4s3)n2)CC1. The van der Waals surface area contributed by atoms with E-state index in [4.69, 9.17) is 21.6 Å². The molecule has 1 aliphatic heterocycles. The maximum atomic E-state index is 11.7. The Balaban J connectivity index is 1.59. The van der Waals surface area contributed by atoms with Gasteiger partial charge in [-0.3, -0.25) is 4.79 Å². The zero-order chi connectivity index (χ0) is 24.5. The maximum Gasteiger partial charge on any atom is 0.307 e. The number of carbonyl (C=O) groups is 1. The van der Waals surface area contributed by atoms with Crippen molar-refractivity contribution in [3.8, 4) is 21.8 Å². The first-order valence-electron chi connectivity index (χ1n) is 11.6. The summed E-state index contributed by atoms with van der Waals surface area (Å²) in [5, 5.41) is 11.0. The highest BCUT2D eigenvalue weighted by molar-refractivity contribution is 7.22. The van der Waals surface area contributed by atoms with E-state index in [1.165, 1.54) is 11.3 Å². The van der Waals surface area contributed by atoms with Gasteiger partial charge in [0.15, 0.2) is 0 Å². The minimum Gasteiger partial charge on any atom is -0.481 e. The number of carboxylic acid groups (broad SMARTS) is 1. The minimum atomic E-state index is -0.865. The first-order valence-corrected chi connectivity index (χ1v) is 12.8. The number of likely N-dealkylation sites (N-methyl/N-ethyl adjacent to an activating group) is 1. The van der Waals surface area contributed by atoms with E-state index in [1.807, 2.05) is 43.3 Å². The summed E-state index contributed by atoms with van der Waals surface area (Å²) in [6.45, 7) is 8.98. The summed E-state index contributed by atoms with van der Waals surface area (Å²) in [5.74, 6) is -0.144. The van der Waals surface area contributed by atoms with Crippen LogP contribution in [0.1, 0.15) is 18.1 Å². The molecule has 1 saturated heterocycles. The van der Waals surface area contributed by atoms with Crippen LogP contribution in [0.2, 0.25) is 5.02 Å². The van der Waals surface area contributed by atoms with Gasteiger partial charge in [-0.2, -0.15) is 0 Å². The van der Waals surface area contributed by atoms with Crippen LogP contribution in [0, 0.1) is 6.92 Å². The number of thiazole rings is 1. The first-order chi connectivity index (χ1) is 16.9. The minimum absolute atomic E-state index is 0.0612. The highest BCUT2D eigenvalue weighted by Crippen LogP contribution is 2.40. The molecule has 1 aliphatic rings. The largest absolute Gasteiger partial charge is 0.481 e. The topological polar surface area (TPSA) is 82.5 Å². The molecule has 180 valence electrons. The average molecular weight is 508 g/mol. The van der Waals surface area contributed by atoms with Crippen LogP contribution < -0.4 is 4.90 Å². The molecule has 0 aliphatic carbocycles. The van der Waals surface area contributed by atoms with E-state index in [-0.39, 0.29) is 6.42 Å². The lowest BCUT2D eigenvalue weighted by Gasteiger charge is -2.34. The standard InChI is InChI=1S/C26H26ClN5O2S/c1-3-31-10-12-32(13-11-31)26-28-9-8-20(30-26)25-29-21-14-16(2)19(15-22(33)34)23(24(21)35-25)17-4-6-18(27)7-5-17/h4-9,14H,3,10-13,15H2,1-2H3,(H,33,34). The van der Waals surface area contributed by atoms with Crippen molar-refractivity contribution < 1.29 is 9.90 Å². The first kappa shape index (κ1) is 23.7. The Morgan fingerprint density at radius 1 is 1.11 bits per heavy atom. The molecule has 9 heteroatoms. The lowest BCUT2D eigenvalue weighted by molar-refractivity contribution is -0.136. The average Bonchev–Trinajstić information content (AvgIpc) is 3.28. The van der Waals surface area contributed by atoms with Gasteiger partial charge in [0, 0.05) is 43.0 Å². The molecular weight excluding hydrogens is 482 g/mol. The van der Waals surface area contributed by atoms with Crippen molar-refractivity contribution in [3.05, 3.63) is 58.7 Å². The van der Waals surface area contributed by atoms with Crippen LogP contribution in [0.25, 0.3) is 32.0 Å². The van der Waals surface area contributed by atoms with Crippen molar-refractivity contribution >= 4 is 45.1 Å². The molecule has 35 heavy (non-hydrogen) atoms. The quantitative estimate of drug-likeness (QED) is 0.386. The number of fused-ring (bicyclic) bond motifs is 1. The molecule has 0 amide bonds. The number of hydrogen-bond donors (Lipinski definition) is 1. The van der Waals surface area contributed by atoms with Crippen molar-refractivity contribution in [2.75, 3.05) is 37.6 Å². The van der Waals surface area contributed by atoms with Crippen LogP contribution >= 0.6 is 22.9 Å². The number of nitrogens with zero attached hydrogens (tertiary/aromatic N) is 5. The van der Waals surface area contributed by atoms with E-state index >= 15 is 0 Å². The fourth-order valence-electron chi connectivity index (χ4n) is 4.53. The number of benzene rings is 2. The second-order valence-electron chi connectivity index (χ2n) is 8.65. The van der Waals surface area contributed by atoms with Gasteiger partial charge in [-0.25, -0.2) is 15.0 Å². The smallest absolute Gasteiger partial charge is 0.307 e. The molecule has 7 nitrogen and oxygen atoms in total. The van der Waals surface area contributed by atoms with Crippen molar-refractivity contribution in [2.24, 2.45) is 0 Å². The summed E-state index contributed by atoms with van der Waals surface area (Å²) in [5.41, 5.74) is 5.12. The van der Waals surface area contributed by atoms with Gasteiger partial charge < -0.3 is 14.9 Å². The van der Waals surface area contributed by atoms with E-state index in [1.54, 1.807) is 6.20 Å². The number of carboxylic acids is 1. The molecule has 5 rings (SSSR count). The second-order valence-corrected chi connectivity index (χ2v) is 10.1. The predicted molar refractivity (Wildman–Crippen MR) is 141 cm³/mol. The fourth-order valence-corrected chi connectivity index (χ4v) is 5.76. The zero-order valence-electron chi connectivity index (χ0n) is 19.7. The predicted octanol–water partition coefficient (Wildman–Crippen LogP) is 5.15. The summed E-state index contributed by atoms with van der Waals surface area (Å²) >= 11 is 7.66. The molecule has 0 unspecified atom stereocenters. The fraction of sp³-hybridized carbons (Fsp3) is 0.308. The molecule has 4 aromatic rings. The molecule has 1 N–H and O–H groups in total. The molecule has 2 aromatic heterocycles. The zero-order valence-corrected chi connectivity index (χ0v) is 21.2. The number of rotatable bonds is 6. The maximum absolute atomic E-state index is 11.7. The third-order valence-electron chi connectivity index (χ3n) is 6.44. The van der Waals surface area contributed by atoms with Crippen LogP contribution in [0.3, 0.4) is 0 Å². The molecule has 0 bridgehead atoms. The molecule has 1 fully saturated rings. The number of anilines is 1. The van der Waals surface area contributed by atoms with Crippen LogP contribution in [0.15, 0.2) is 42.6 Å². The molecular formula is C26H26ClN5O2S. The summed E-state index contributed by atoms with van der Waals surface area (Å²) in [7, 11) is 0. The third kappa shape index (κ3) is 4.87. The van der Waals surface area contributed by atoms with Crippen LogP contribution in [-0.2, 0) is 11.2 Å². The number of aryl methyl sites for hydroxylation is 1.